The van der Waals surface area contributed by atoms with E-state index in [9.17, 15) is 17.6 Å². The summed E-state index contributed by atoms with van der Waals surface area (Å²) in [7, 11) is 0.247. The van der Waals surface area contributed by atoms with Crippen molar-refractivity contribution in [3.05, 3.63) is 54.3 Å². The lowest BCUT2D eigenvalue weighted by molar-refractivity contribution is -0.129. The zero-order valence-electron chi connectivity index (χ0n) is 17.9. The van der Waals surface area contributed by atoms with Crippen LogP contribution in [0.25, 0.3) is 0 Å². The number of piperazine rings is 1. The summed E-state index contributed by atoms with van der Waals surface area (Å²) in [5.41, 5.74) is 0.789. The molecule has 0 atom stereocenters. The molecule has 0 aromatic heterocycles. The third-order valence-corrected chi connectivity index (χ3v) is 7.00. The predicted octanol–water partition coefficient (Wildman–Crippen LogP) is 1.80. The Morgan fingerprint density at radius 3 is 2.26 bits per heavy atom. The van der Waals surface area contributed by atoms with E-state index in [1.54, 1.807) is 12.0 Å². The summed E-state index contributed by atoms with van der Waals surface area (Å²) in [6, 6.07) is 13.2. The van der Waals surface area contributed by atoms with Crippen LogP contribution in [0.3, 0.4) is 0 Å². The van der Waals surface area contributed by atoms with Gasteiger partial charge in [0.1, 0.15) is 18.1 Å². The molecule has 31 heavy (non-hydrogen) atoms. The number of hydrogen-bond donors (Lipinski definition) is 0. The largest absolute Gasteiger partial charge is 0.495 e. The van der Waals surface area contributed by atoms with Crippen LogP contribution in [-0.4, -0.2) is 77.5 Å². The molecule has 0 radical (unpaired) electrons. The molecule has 3 rings (SSSR count). The lowest BCUT2D eigenvalue weighted by Gasteiger charge is -2.37. The van der Waals surface area contributed by atoms with E-state index in [1.807, 2.05) is 24.3 Å². The van der Waals surface area contributed by atoms with Crippen LogP contribution in [0.5, 0.6) is 5.75 Å². The van der Waals surface area contributed by atoms with Gasteiger partial charge in [0.05, 0.1) is 18.5 Å². The Labute approximate surface area is 182 Å². The number of benzene rings is 2. The molecule has 8 nitrogen and oxygen atoms in total. The fraction of sp³-hybridized carbons (Fsp3) is 0.381. The van der Waals surface area contributed by atoms with Crippen LogP contribution >= 0.6 is 0 Å². The maximum Gasteiger partial charge on any atom is 0.304 e. The second-order valence-electron chi connectivity index (χ2n) is 7.29. The lowest BCUT2D eigenvalue weighted by Crippen LogP contribution is -2.53. The third-order valence-electron chi connectivity index (χ3n) is 5.20. The van der Waals surface area contributed by atoms with Crippen LogP contribution in [-0.2, 0) is 15.0 Å². The highest BCUT2D eigenvalue weighted by Gasteiger charge is 2.32. The minimum Gasteiger partial charge on any atom is -0.495 e. The summed E-state index contributed by atoms with van der Waals surface area (Å²) >= 11 is 0. The van der Waals surface area contributed by atoms with Gasteiger partial charge in [0.2, 0.25) is 5.91 Å². The molecule has 1 amide bonds. The molecule has 0 saturated carbocycles. The van der Waals surface area contributed by atoms with E-state index >= 15 is 0 Å². The van der Waals surface area contributed by atoms with Gasteiger partial charge in [0.25, 0.3) is 0 Å². The van der Waals surface area contributed by atoms with Crippen molar-refractivity contribution >= 4 is 27.5 Å². The molecule has 1 fully saturated rings. The number of amides is 1. The Hall–Kier alpha value is -2.85. The first kappa shape index (κ1) is 22.8. The second kappa shape index (κ2) is 9.52. The Bertz CT molecular complexity index is 1020. The summed E-state index contributed by atoms with van der Waals surface area (Å²) in [6.45, 7) is 1.52. The van der Waals surface area contributed by atoms with Gasteiger partial charge in [-0.25, -0.2) is 8.70 Å². The highest BCUT2D eigenvalue weighted by atomic mass is 32.2. The standard InChI is InChI=1S/C21H27FN4O4S/c1-23(2)31(28,29)26(18-9-5-4-8-17(18)22)16-21(27)25-14-12-24(13-15-25)19-10-6-7-11-20(19)30-3/h4-11H,12-16H2,1-3H3. The molecule has 1 saturated heterocycles. The van der Waals surface area contributed by atoms with Gasteiger partial charge in [-0.15, -0.1) is 0 Å². The number of carbonyl (C=O) groups is 1. The van der Waals surface area contributed by atoms with E-state index < -0.39 is 22.6 Å². The first-order chi connectivity index (χ1) is 14.8. The molecule has 1 aliphatic heterocycles. The maximum absolute atomic E-state index is 14.4. The third kappa shape index (κ3) is 4.91. The van der Waals surface area contributed by atoms with Crippen LogP contribution < -0.4 is 13.9 Å². The molecular formula is C21H27FN4O4S. The summed E-state index contributed by atoms with van der Waals surface area (Å²) < 4.78 is 47.2. The Morgan fingerprint density at radius 1 is 1.03 bits per heavy atom. The van der Waals surface area contributed by atoms with E-state index in [-0.39, 0.29) is 11.6 Å². The average molecular weight is 451 g/mol. The van der Waals surface area contributed by atoms with Gasteiger partial charge in [0.15, 0.2) is 0 Å². The zero-order chi connectivity index (χ0) is 22.6. The minimum atomic E-state index is -4.06. The molecular weight excluding hydrogens is 423 g/mol. The highest BCUT2D eigenvalue weighted by Crippen LogP contribution is 2.28. The fourth-order valence-electron chi connectivity index (χ4n) is 3.45. The molecule has 1 aliphatic rings. The van der Waals surface area contributed by atoms with Crippen molar-refractivity contribution in [3.8, 4) is 5.75 Å². The number of nitrogens with zero attached hydrogens (tertiary/aromatic N) is 4. The van der Waals surface area contributed by atoms with Crippen molar-refractivity contribution in [2.45, 2.75) is 0 Å². The van der Waals surface area contributed by atoms with Gasteiger partial charge in [-0.05, 0) is 24.3 Å². The molecule has 168 valence electrons. The highest BCUT2D eigenvalue weighted by molar-refractivity contribution is 7.90. The molecule has 10 heteroatoms. The van der Waals surface area contributed by atoms with E-state index in [1.165, 1.54) is 38.4 Å². The van der Waals surface area contributed by atoms with Crippen molar-refractivity contribution in [1.29, 1.82) is 0 Å². The Kier molecular flexibility index (Phi) is 7.01. The van der Waals surface area contributed by atoms with Crippen molar-refractivity contribution in [2.75, 3.05) is 63.1 Å². The van der Waals surface area contributed by atoms with Crippen LogP contribution in [0.2, 0.25) is 0 Å². The molecule has 1 heterocycles. The summed E-state index contributed by atoms with van der Waals surface area (Å²) in [6.07, 6.45) is 0. The van der Waals surface area contributed by atoms with Crippen LogP contribution in [0.4, 0.5) is 15.8 Å². The molecule has 0 N–H and O–H groups in total. The first-order valence-electron chi connectivity index (χ1n) is 9.86. The topological polar surface area (TPSA) is 73.4 Å². The molecule has 0 unspecified atom stereocenters. The number of methoxy groups -OCH3 is 1. The summed E-state index contributed by atoms with van der Waals surface area (Å²) in [4.78, 5) is 16.7. The van der Waals surface area contributed by atoms with Crippen LogP contribution in [0.1, 0.15) is 0 Å². The lowest BCUT2D eigenvalue weighted by atomic mass is 10.2. The van der Waals surface area contributed by atoms with Gasteiger partial charge in [-0.2, -0.15) is 12.7 Å². The van der Waals surface area contributed by atoms with Gasteiger partial charge in [-0.3, -0.25) is 4.79 Å². The fourth-order valence-corrected chi connectivity index (χ4v) is 4.52. The van der Waals surface area contributed by atoms with E-state index in [2.05, 4.69) is 4.90 Å². The predicted molar refractivity (Wildman–Crippen MR) is 118 cm³/mol. The summed E-state index contributed by atoms with van der Waals surface area (Å²) in [5.74, 6) is -0.333. The quantitative estimate of drug-likeness (QED) is 0.643. The number of ether oxygens (including phenoxy) is 1. The Balaban J connectivity index is 1.74. The van der Waals surface area contributed by atoms with Crippen molar-refractivity contribution in [3.63, 3.8) is 0 Å². The second-order valence-corrected chi connectivity index (χ2v) is 9.35. The molecule has 0 bridgehead atoms. The van der Waals surface area contributed by atoms with Gasteiger partial charge < -0.3 is 14.5 Å². The zero-order valence-corrected chi connectivity index (χ0v) is 18.7. The van der Waals surface area contributed by atoms with Crippen LogP contribution in [0.15, 0.2) is 48.5 Å². The van der Waals surface area contributed by atoms with Crippen LogP contribution in [0, 0.1) is 5.82 Å². The monoisotopic (exact) mass is 450 g/mol. The number of anilines is 2. The molecule has 0 spiro atoms. The normalized spacial score (nSPS) is 14.6. The number of hydrogen-bond acceptors (Lipinski definition) is 5. The molecule has 2 aromatic carbocycles. The SMILES string of the molecule is COc1ccccc1N1CCN(C(=O)CN(c2ccccc2F)S(=O)(=O)N(C)C)CC1. The van der Waals surface area contributed by atoms with E-state index in [0.717, 1.165) is 20.0 Å². The average Bonchev–Trinajstić information content (AvgIpc) is 2.77. The number of halogens is 1. The van der Waals surface area contributed by atoms with Gasteiger partial charge >= 0.3 is 10.2 Å². The molecule has 2 aromatic rings. The van der Waals surface area contributed by atoms with E-state index in [4.69, 9.17) is 4.74 Å². The minimum absolute atomic E-state index is 0.155. The van der Waals surface area contributed by atoms with Crippen molar-refractivity contribution in [1.82, 2.24) is 9.21 Å². The van der Waals surface area contributed by atoms with Crippen molar-refractivity contribution in [2.24, 2.45) is 0 Å². The first-order valence-corrected chi connectivity index (χ1v) is 11.3. The smallest absolute Gasteiger partial charge is 0.304 e. The number of para-hydroxylation sites is 3. The van der Waals surface area contributed by atoms with Crippen molar-refractivity contribution < 1.29 is 22.3 Å². The van der Waals surface area contributed by atoms with E-state index in [0.29, 0.717) is 26.2 Å². The number of rotatable bonds is 7. The summed E-state index contributed by atoms with van der Waals surface area (Å²) in [5, 5.41) is 0. The number of carbonyl (C=O) groups excluding carboxylic acids is 1. The molecule has 0 aliphatic carbocycles. The Morgan fingerprint density at radius 2 is 1.65 bits per heavy atom. The van der Waals surface area contributed by atoms with Gasteiger partial charge in [0, 0.05) is 40.3 Å². The van der Waals surface area contributed by atoms with Gasteiger partial charge in [-0.1, -0.05) is 24.3 Å². The maximum atomic E-state index is 14.4.